The van der Waals surface area contributed by atoms with Crippen molar-refractivity contribution in [1.29, 1.82) is 0 Å². The smallest absolute Gasteiger partial charge is 0.335 e. The number of hydrogen-bond donors (Lipinski definition) is 3. The minimum Gasteiger partial charge on any atom is -0.478 e. The van der Waals surface area contributed by atoms with E-state index in [0.717, 1.165) is 64.2 Å². The highest BCUT2D eigenvalue weighted by atomic mass is 16.4. The van der Waals surface area contributed by atoms with Crippen LogP contribution in [-0.4, -0.2) is 22.9 Å². The number of amides is 2. The summed E-state index contributed by atoms with van der Waals surface area (Å²) < 4.78 is 0. The van der Waals surface area contributed by atoms with Crippen molar-refractivity contribution in [2.45, 2.75) is 274 Å². The number of carboxylic acids is 1. The van der Waals surface area contributed by atoms with Gasteiger partial charge in [0.2, 0.25) is 11.8 Å². The van der Waals surface area contributed by atoms with Crippen LogP contribution in [0.3, 0.4) is 0 Å². The number of benzene rings is 1. The zero-order chi connectivity index (χ0) is 45.2. The van der Waals surface area contributed by atoms with Crippen LogP contribution in [0.2, 0.25) is 0 Å². The molecular formula is C55H100N2O4. The van der Waals surface area contributed by atoms with E-state index in [1.165, 1.54) is 154 Å². The third-order valence-electron chi connectivity index (χ3n) is 13.8. The second-order valence-electron chi connectivity index (χ2n) is 20.4. The number of aromatic carboxylic acids is 1. The summed E-state index contributed by atoms with van der Waals surface area (Å²) in [6, 6.07) is 4.87. The molecule has 1 aromatic carbocycles. The van der Waals surface area contributed by atoms with Crippen molar-refractivity contribution >= 4 is 29.2 Å². The molecule has 0 bridgehead atoms. The number of carbonyl (C=O) groups is 3. The van der Waals surface area contributed by atoms with Gasteiger partial charge >= 0.3 is 5.97 Å². The van der Waals surface area contributed by atoms with Crippen LogP contribution in [0, 0.1) is 22.7 Å². The molecule has 0 saturated heterocycles. The van der Waals surface area contributed by atoms with Gasteiger partial charge in [0.05, 0.1) is 5.56 Å². The molecule has 354 valence electrons. The Morgan fingerprint density at radius 1 is 0.426 bits per heavy atom. The molecule has 6 heteroatoms. The number of hydrogen-bond acceptors (Lipinski definition) is 3. The monoisotopic (exact) mass is 853 g/mol. The largest absolute Gasteiger partial charge is 0.478 e. The van der Waals surface area contributed by atoms with Crippen molar-refractivity contribution in [2.75, 3.05) is 10.6 Å². The molecule has 0 aliphatic carbocycles. The second-order valence-corrected chi connectivity index (χ2v) is 20.4. The molecule has 61 heavy (non-hydrogen) atoms. The van der Waals surface area contributed by atoms with E-state index >= 15 is 0 Å². The van der Waals surface area contributed by atoms with Gasteiger partial charge < -0.3 is 15.7 Å². The number of rotatable bonds is 41. The van der Waals surface area contributed by atoms with Crippen LogP contribution in [0.4, 0.5) is 11.4 Å². The van der Waals surface area contributed by atoms with E-state index in [0.29, 0.717) is 11.4 Å². The number of anilines is 2. The van der Waals surface area contributed by atoms with Gasteiger partial charge in [0.1, 0.15) is 0 Å². The first-order valence-electron chi connectivity index (χ1n) is 26.3. The Morgan fingerprint density at radius 3 is 0.967 bits per heavy atom. The molecule has 0 radical (unpaired) electrons. The van der Waals surface area contributed by atoms with E-state index < -0.39 is 5.97 Å². The molecule has 2 atom stereocenters. The summed E-state index contributed by atoms with van der Waals surface area (Å²) >= 11 is 0. The molecule has 0 aliphatic heterocycles. The van der Waals surface area contributed by atoms with Crippen molar-refractivity contribution in [3.8, 4) is 0 Å². The van der Waals surface area contributed by atoms with E-state index in [1.54, 1.807) is 18.2 Å². The average molecular weight is 853 g/mol. The molecule has 0 saturated carbocycles. The Labute approximate surface area is 378 Å². The topological polar surface area (TPSA) is 95.5 Å². The average Bonchev–Trinajstić information content (AvgIpc) is 3.21. The van der Waals surface area contributed by atoms with Crippen LogP contribution in [0.25, 0.3) is 0 Å². The SMILES string of the molecule is CCCCCCCCCCCCC(C(=O)Nc1cc(NC(=O)C(CCCCCCCCCCCC)C(C)(C)CCCCCCC)cc(C(=O)O)c1)C(C)(C)CCCCCCC. The second kappa shape index (κ2) is 35.0. The van der Waals surface area contributed by atoms with E-state index in [4.69, 9.17) is 0 Å². The molecule has 6 nitrogen and oxygen atoms in total. The summed E-state index contributed by atoms with van der Waals surface area (Å²) in [6.45, 7) is 18.0. The van der Waals surface area contributed by atoms with Crippen LogP contribution in [-0.2, 0) is 9.59 Å². The maximum Gasteiger partial charge on any atom is 0.335 e. The first-order chi connectivity index (χ1) is 29.3. The Bertz CT molecular complexity index is 1190. The normalized spacial score (nSPS) is 13.0. The minimum atomic E-state index is -1.07. The molecule has 1 rings (SSSR count). The highest BCUT2D eigenvalue weighted by molar-refractivity contribution is 5.99. The lowest BCUT2D eigenvalue weighted by Gasteiger charge is -2.34. The lowest BCUT2D eigenvalue weighted by atomic mass is 9.72. The predicted molar refractivity (Wildman–Crippen MR) is 265 cm³/mol. The predicted octanol–water partition coefficient (Wildman–Crippen LogP) is 17.9. The van der Waals surface area contributed by atoms with Gasteiger partial charge in [-0.25, -0.2) is 4.79 Å². The van der Waals surface area contributed by atoms with Gasteiger partial charge in [0.25, 0.3) is 0 Å². The van der Waals surface area contributed by atoms with Gasteiger partial charge in [0, 0.05) is 23.2 Å². The summed E-state index contributed by atoms with van der Waals surface area (Å²) in [5, 5.41) is 16.5. The van der Waals surface area contributed by atoms with E-state index in [9.17, 15) is 19.5 Å². The number of nitrogens with one attached hydrogen (secondary N) is 2. The van der Waals surface area contributed by atoms with Gasteiger partial charge in [-0.1, -0.05) is 248 Å². The summed E-state index contributed by atoms with van der Waals surface area (Å²) in [7, 11) is 0. The van der Waals surface area contributed by atoms with Crippen molar-refractivity contribution in [2.24, 2.45) is 22.7 Å². The molecule has 0 fully saturated rings. The lowest BCUT2D eigenvalue weighted by Crippen LogP contribution is -2.36. The molecule has 0 aliphatic rings. The van der Waals surface area contributed by atoms with E-state index in [-0.39, 0.29) is 40.0 Å². The van der Waals surface area contributed by atoms with Crippen LogP contribution in [0.1, 0.15) is 284 Å². The van der Waals surface area contributed by atoms with Crippen molar-refractivity contribution in [1.82, 2.24) is 0 Å². The molecule has 0 heterocycles. The van der Waals surface area contributed by atoms with Crippen molar-refractivity contribution < 1.29 is 19.5 Å². The first-order valence-corrected chi connectivity index (χ1v) is 26.3. The zero-order valence-corrected chi connectivity index (χ0v) is 41.6. The Hall–Kier alpha value is -2.37. The van der Waals surface area contributed by atoms with Gasteiger partial charge in [0.15, 0.2) is 0 Å². The Morgan fingerprint density at radius 2 is 0.689 bits per heavy atom. The number of carbonyl (C=O) groups excluding carboxylic acids is 2. The molecule has 0 aromatic heterocycles. The first kappa shape index (κ1) is 56.6. The van der Waals surface area contributed by atoms with Gasteiger partial charge in [-0.05, 0) is 54.7 Å². The highest BCUT2D eigenvalue weighted by Crippen LogP contribution is 2.39. The molecule has 3 N–H and O–H groups in total. The molecular weight excluding hydrogens is 753 g/mol. The summed E-state index contributed by atoms with van der Waals surface area (Å²) in [5.41, 5.74) is 0.556. The summed E-state index contributed by atoms with van der Waals surface area (Å²) in [5.74, 6) is -1.55. The minimum absolute atomic E-state index is 0.0441. The van der Waals surface area contributed by atoms with Crippen molar-refractivity contribution in [3.05, 3.63) is 23.8 Å². The quantitative estimate of drug-likeness (QED) is 0.0572. The molecule has 2 unspecified atom stereocenters. The fraction of sp³-hybridized carbons (Fsp3) is 0.836. The third-order valence-corrected chi connectivity index (χ3v) is 13.8. The maximum absolute atomic E-state index is 14.3. The van der Waals surface area contributed by atoms with Crippen LogP contribution in [0.15, 0.2) is 18.2 Å². The van der Waals surface area contributed by atoms with E-state index in [2.05, 4.69) is 66.0 Å². The van der Waals surface area contributed by atoms with Crippen LogP contribution < -0.4 is 10.6 Å². The van der Waals surface area contributed by atoms with Crippen LogP contribution >= 0.6 is 0 Å². The Kier molecular flexibility index (Phi) is 32.5. The third kappa shape index (κ3) is 26.8. The maximum atomic E-state index is 14.3. The van der Waals surface area contributed by atoms with Gasteiger partial charge in [-0.2, -0.15) is 0 Å². The Balaban J connectivity index is 3.16. The molecule has 1 aromatic rings. The number of unbranched alkanes of at least 4 members (excludes halogenated alkanes) is 26. The van der Waals surface area contributed by atoms with Crippen LogP contribution in [0.5, 0.6) is 0 Å². The highest BCUT2D eigenvalue weighted by Gasteiger charge is 2.36. The molecule has 0 spiro atoms. The zero-order valence-electron chi connectivity index (χ0n) is 41.6. The summed E-state index contributed by atoms with van der Waals surface area (Å²) in [4.78, 5) is 41.1. The number of carboxylic acid groups (broad SMARTS) is 1. The van der Waals surface area contributed by atoms with Gasteiger partial charge in [-0.15, -0.1) is 0 Å². The summed E-state index contributed by atoms with van der Waals surface area (Å²) in [6.07, 6.45) is 40.7. The fourth-order valence-corrected chi connectivity index (χ4v) is 9.50. The standard InChI is InChI=1S/C55H100N2O4/c1-9-13-17-21-23-25-27-29-31-35-39-49(54(5,6)41-37-33-19-15-11-3)51(58)56-47-43-46(53(60)61)44-48(45-47)57-52(59)50(55(7,8)42-38-34-20-16-12-4)40-36-32-30-28-26-24-22-18-14-10-2/h43-45,49-50H,9-42H2,1-8H3,(H,56,58)(H,57,59)(H,60,61). The lowest BCUT2D eigenvalue weighted by molar-refractivity contribution is -0.124. The fourth-order valence-electron chi connectivity index (χ4n) is 9.50. The van der Waals surface area contributed by atoms with E-state index in [1.807, 2.05) is 0 Å². The molecule has 2 amide bonds. The van der Waals surface area contributed by atoms with Gasteiger partial charge in [-0.3, -0.25) is 9.59 Å². The van der Waals surface area contributed by atoms with Crippen molar-refractivity contribution in [3.63, 3.8) is 0 Å².